The monoisotopic (exact) mass is 313 g/mol. The topological polar surface area (TPSA) is 122 Å². The van der Waals surface area contributed by atoms with Crippen LogP contribution in [0.25, 0.3) is 0 Å². The smallest absolute Gasteiger partial charge is 0.414 e. The predicted molar refractivity (Wildman–Crippen MR) is 71.1 cm³/mol. The van der Waals surface area contributed by atoms with Gasteiger partial charge in [-0.05, 0) is 36.4 Å². The second-order valence-electron chi connectivity index (χ2n) is 4.20. The Morgan fingerprint density at radius 3 is 2.67 bits per heavy atom. The minimum absolute atomic E-state index is 0.0374. The lowest BCUT2D eigenvalue weighted by Crippen LogP contribution is -2.31. The number of ether oxygens (including phenoxy) is 1. The van der Waals surface area contributed by atoms with Crippen molar-refractivity contribution in [3.8, 4) is 5.88 Å². The minimum Gasteiger partial charge on any atom is -0.454 e. The van der Waals surface area contributed by atoms with Gasteiger partial charge < -0.3 is 15.7 Å². The van der Waals surface area contributed by atoms with Gasteiger partial charge in [0.2, 0.25) is 0 Å². The third-order valence-corrected chi connectivity index (χ3v) is 4.42. The van der Waals surface area contributed by atoms with Crippen molar-refractivity contribution in [3.63, 3.8) is 0 Å². The van der Waals surface area contributed by atoms with Gasteiger partial charge in [-0.15, -0.1) is 0 Å². The third-order valence-electron chi connectivity index (χ3n) is 2.69. The molecule has 1 aromatic heterocycles. The quantitative estimate of drug-likeness (QED) is 0.574. The van der Waals surface area contributed by atoms with Gasteiger partial charge in [-0.3, -0.25) is 4.63 Å². The first-order valence-electron chi connectivity index (χ1n) is 6.30. The van der Waals surface area contributed by atoms with Gasteiger partial charge in [0, 0.05) is 0 Å². The van der Waals surface area contributed by atoms with Crippen LogP contribution in [-0.4, -0.2) is 26.7 Å². The molecular formula is C12H15N3O5S. The molecule has 1 aromatic carbocycles. The van der Waals surface area contributed by atoms with Crippen LogP contribution in [0.2, 0.25) is 0 Å². The summed E-state index contributed by atoms with van der Waals surface area (Å²) >= 11 is 0. The Hall–Kier alpha value is -2.13. The highest BCUT2D eigenvalue weighted by Crippen LogP contribution is 2.24. The number of nitrogens with zero attached hydrogens (tertiary/aromatic N) is 2. The lowest BCUT2D eigenvalue weighted by Gasteiger charge is -2.03. The Morgan fingerprint density at radius 1 is 1.29 bits per heavy atom. The summed E-state index contributed by atoms with van der Waals surface area (Å²) in [6, 6.07) is 7.53. The Kier molecular flexibility index (Phi) is 4.76. The zero-order chi connectivity index (χ0) is 15.3. The Morgan fingerprint density at radius 2 is 2.00 bits per heavy atom. The Labute approximate surface area is 121 Å². The highest BCUT2D eigenvalue weighted by atomic mass is 32.2. The van der Waals surface area contributed by atoms with Gasteiger partial charge in [0.25, 0.3) is 9.84 Å². The number of hydrogen-bond donors (Lipinski definition) is 1. The van der Waals surface area contributed by atoms with Gasteiger partial charge in [-0.2, -0.15) is 0 Å². The van der Waals surface area contributed by atoms with Crippen LogP contribution in [0.4, 0.5) is 0 Å². The maximum atomic E-state index is 12.4. The number of unbranched alkanes of at least 4 members (excludes halogenated alkanes) is 1. The van der Waals surface area contributed by atoms with E-state index in [4.69, 9.17) is 10.5 Å². The number of aromatic nitrogens is 2. The summed E-state index contributed by atoms with van der Waals surface area (Å²) < 4.78 is 34.4. The fourth-order valence-corrected chi connectivity index (χ4v) is 2.95. The maximum absolute atomic E-state index is 12.4. The van der Waals surface area contributed by atoms with Crippen molar-refractivity contribution in [2.24, 2.45) is 5.73 Å². The summed E-state index contributed by atoms with van der Waals surface area (Å²) in [6.45, 7) is 0.694. The second-order valence-corrected chi connectivity index (χ2v) is 6.07. The second kappa shape index (κ2) is 6.55. The fourth-order valence-electron chi connectivity index (χ4n) is 1.66. The Balaban J connectivity index is 2.29. The molecule has 0 saturated carbocycles. The molecule has 0 aliphatic carbocycles. The van der Waals surface area contributed by atoms with E-state index in [0.717, 1.165) is 6.42 Å². The van der Waals surface area contributed by atoms with E-state index in [-0.39, 0.29) is 22.3 Å². The first-order chi connectivity index (χ1) is 10.1. The highest BCUT2D eigenvalue weighted by molar-refractivity contribution is 7.91. The zero-order valence-electron chi connectivity index (χ0n) is 11.1. The van der Waals surface area contributed by atoms with Crippen molar-refractivity contribution in [2.75, 3.05) is 13.2 Å². The number of hydrogen-bond acceptors (Lipinski definition) is 7. The van der Waals surface area contributed by atoms with Gasteiger partial charge in [0.15, 0.2) is 0 Å². The van der Waals surface area contributed by atoms with Crippen molar-refractivity contribution in [2.45, 2.75) is 22.8 Å². The molecule has 2 aromatic rings. The summed E-state index contributed by atoms with van der Waals surface area (Å²) in [5.41, 5.74) is 5.35. The van der Waals surface area contributed by atoms with E-state index in [9.17, 15) is 13.6 Å². The lowest BCUT2D eigenvalue weighted by molar-refractivity contribution is -0.832. The molecule has 8 nitrogen and oxygen atoms in total. The molecule has 9 heteroatoms. The van der Waals surface area contributed by atoms with E-state index >= 15 is 0 Å². The van der Waals surface area contributed by atoms with Gasteiger partial charge in [-0.1, -0.05) is 18.2 Å². The number of nitrogens with two attached hydrogens (primary N) is 1. The van der Waals surface area contributed by atoms with Crippen LogP contribution < -0.4 is 15.4 Å². The molecule has 0 atom stereocenters. The number of benzene rings is 1. The van der Waals surface area contributed by atoms with E-state index in [2.05, 4.69) is 9.79 Å². The van der Waals surface area contributed by atoms with Crippen LogP contribution in [0.1, 0.15) is 12.8 Å². The molecule has 0 saturated heterocycles. The SMILES string of the molecule is NCCCCOc1no[n+]([O-])c1S(=O)(=O)c1ccccc1. The van der Waals surface area contributed by atoms with E-state index in [1.54, 1.807) is 18.2 Å². The third kappa shape index (κ3) is 3.31. The van der Waals surface area contributed by atoms with Gasteiger partial charge in [-0.25, -0.2) is 8.42 Å². The zero-order valence-corrected chi connectivity index (χ0v) is 12.0. The van der Waals surface area contributed by atoms with Crippen LogP contribution in [-0.2, 0) is 9.84 Å². The molecule has 2 rings (SSSR count). The standard InChI is InChI=1S/C12H15N3O5S/c13-8-4-5-9-19-11-12(15(16)20-14-11)21(17,18)10-6-2-1-3-7-10/h1-3,6-7H,4-5,8-9,13H2. The molecule has 0 aliphatic rings. The maximum Gasteiger partial charge on any atom is 0.414 e. The summed E-state index contributed by atoms with van der Waals surface area (Å²) in [6.07, 6.45) is 1.34. The van der Waals surface area contributed by atoms with E-state index in [0.29, 0.717) is 13.0 Å². The summed E-state index contributed by atoms with van der Waals surface area (Å²) in [7, 11) is -4.06. The summed E-state index contributed by atoms with van der Waals surface area (Å²) in [5.74, 6) is -0.342. The van der Waals surface area contributed by atoms with Crippen molar-refractivity contribution in [1.29, 1.82) is 0 Å². The molecule has 1 heterocycles. The van der Waals surface area contributed by atoms with Gasteiger partial charge >= 0.3 is 10.9 Å². The molecule has 0 spiro atoms. The fraction of sp³-hybridized carbons (Fsp3) is 0.333. The molecule has 2 N–H and O–H groups in total. The van der Waals surface area contributed by atoms with E-state index in [1.165, 1.54) is 12.1 Å². The molecule has 0 bridgehead atoms. The molecule has 21 heavy (non-hydrogen) atoms. The molecule has 0 aliphatic heterocycles. The van der Waals surface area contributed by atoms with Gasteiger partial charge in [0.05, 0.1) is 16.7 Å². The summed E-state index contributed by atoms with van der Waals surface area (Å²) in [5, 5.41) is 14.3. The molecule has 0 amide bonds. The van der Waals surface area contributed by atoms with Crippen LogP contribution in [0.3, 0.4) is 0 Å². The van der Waals surface area contributed by atoms with Gasteiger partial charge in [0.1, 0.15) is 0 Å². The van der Waals surface area contributed by atoms with E-state index < -0.39 is 14.9 Å². The minimum atomic E-state index is -4.06. The number of rotatable bonds is 7. The van der Waals surface area contributed by atoms with Crippen LogP contribution in [0, 0.1) is 5.21 Å². The molecule has 0 radical (unpaired) electrons. The average molecular weight is 313 g/mol. The van der Waals surface area contributed by atoms with Crippen molar-refractivity contribution in [3.05, 3.63) is 35.5 Å². The van der Waals surface area contributed by atoms with Crippen LogP contribution in [0.15, 0.2) is 44.9 Å². The number of sulfone groups is 1. The highest BCUT2D eigenvalue weighted by Gasteiger charge is 2.35. The van der Waals surface area contributed by atoms with Crippen molar-refractivity contribution in [1.82, 2.24) is 5.16 Å². The van der Waals surface area contributed by atoms with Crippen LogP contribution in [0.5, 0.6) is 5.88 Å². The molecule has 114 valence electrons. The average Bonchev–Trinajstić information content (AvgIpc) is 2.86. The Bertz CT molecular complexity index is 684. The first kappa shape index (κ1) is 15.3. The predicted octanol–water partition coefficient (Wildman–Crippen LogP) is 0.258. The van der Waals surface area contributed by atoms with Crippen molar-refractivity contribution < 1.29 is 22.7 Å². The molecule has 0 unspecified atom stereocenters. The summed E-state index contributed by atoms with van der Waals surface area (Å²) in [4.78, 5) is -0.203. The van der Waals surface area contributed by atoms with Crippen LogP contribution >= 0.6 is 0 Å². The first-order valence-corrected chi connectivity index (χ1v) is 7.78. The molecular weight excluding hydrogens is 298 g/mol. The molecule has 0 fully saturated rings. The lowest BCUT2D eigenvalue weighted by atomic mass is 10.3. The van der Waals surface area contributed by atoms with E-state index in [1.807, 2.05) is 0 Å². The normalized spacial score (nSPS) is 11.5. The largest absolute Gasteiger partial charge is 0.454 e. The van der Waals surface area contributed by atoms with Crippen molar-refractivity contribution >= 4 is 9.84 Å².